The van der Waals surface area contributed by atoms with Crippen molar-refractivity contribution in [2.24, 2.45) is 0 Å². The number of nitrogens with two attached hydrogens (primary N) is 2. The molecule has 1 amide bonds. The van der Waals surface area contributed by atoms with Gasteiger partial charge in [0.05, 0.1) is 18.0 Å². The van der Waals surface area contributed by atoms with E-state index in [-0.39, 0.29) is 21.9 Å². The summed E-state index contributed by atoms with van der Waals surface area (Å²) >= 11 is 2.45. The van der Waals surface area contributed by atoms with E-state index < -0.39 is 5.91 Å². The number of fused-ring (bicyclic) bond motifs is 1. The number of aryl methyl sites for hydroxylation is 1. The normalized spacial score (nSPS) is 10.8. The van der Waals surface area contributed by atoms with Crippen LogP contribution in [-0.4, -0.2) is 22.5 Å². The van der Waals surface area contributed by atoms with Gasteiger partial charge in [-0.3, -0.25) is 10.1 Å². The number of nitrogen functional groups attached to an aromatic ring is 2. The van der Waals surface area contributed by atoms with E-state index >= 15 is 0 Å². The van der Waals surface area contributed by atoms with Crippen LogP contribution in [0.25, 0.3) is 32.6 Å². The third-order valence-corrected chi connectivity index (χ3v) is 7.60. The average Bonchev–Trinajstić information content (AvgIpc) is 3.48. The smallest absolute Gasteiger partial charge is 0.269 e. The lowest BCUT2D eigenvalue weighted by Gasteiger charge is -2.10. The Bertz CT molecular complexity index is 1660. The van der Waals surface area contributed by atoms with Crippen LogP contribution in [0.5, 0.6) is 5.75 Å². The van der Waals surface area contributed by atoms with Crippen LogP contribution in [0.4, 0.5) is 16.6 Å². The predicted molar refractivity (Wildman–Crippen MR) is 150 cm³/mol. The number of ether oxygens (including phenoxy) is 1. The second kappa shape index (κ2) is 9.89. The number of hydrogen-bond donors (Lipinski definition) is 3. The summed E-state index contributed by atoms with van der Waals surface area (Å²) in [6.45, 7) is 4.51. The molecular weight excluding hydrogens is 504 g/mol. The van der Waals surface area contributed by atoms with Crippen LogP contribution in [0.3, 0.4) is 0 Å². The largest absolute Gasteiger partial charge is 0.494 e. The number of carbonyl (C=O) groups excluding carboxylic acids is 1. The number of carbonyl (C=O) groups is 1. The zero-order valence-electron chi connectivity index (χ0n) is 20.0. The second-order valence-corrected chi connectivity index (χ2v) is 10.1. The molecule has 0 aliphatic carbocycles. The van der Waals surface area contributed by atoms with Crippen LogP contribution in [-0.2, 0) is 0 Å². The lowest BCUT2D eigenvalue weighted by Crippen LogP contribution is -2.11. The summed E-state index contributed by atoms with van der Waals surface area (Å²) in [6.07, 6.45) is 0. The van der Waals surface area contributed by atoms with E-state index in [4.69, 9.17) is 16.2 Å². The number of anilines is 3. The Balaban J connectivity index is 1.49. The van der Waals surface area contributed by atoms with Crippen molar-refractivity contribution in [3.8, 4) is 34.2 Å². The van der Waals surface area contributed by atoms with E-state index in [0.29, 0.717) is 27.5 Å². The summed E-state index contributed by atoms with van der Waals surface area (Å²) in [4.78, 5) is 22.9. The first-order valence-corrected chi connectivity index (χ1v) is 13.1. The molecular formula is C27H22N6O2S2. The van der Waals surface area contributed by atoms with Crippen molar-refractivity contribution >= 4 is 55.4 Å². The standard InChI is InChI=1S/C27H22N6O2S2/c1-3-35-17-10-8-15(9-11-17)19-13-36-27(31-19)33-25(34)23-22(29)21-20(16-6-4-14(2)5-7-16)18(12-28)24(30)32-26(21)37-23/h4-11,13H,3,29H2,1-2H3,(H2,30,32)(H,31,33,34). The van der Waals surface area contributed by atoms with Gasteiger partial charge in [0.2, 0.25) is 0 Å². The SMILES string of the molecule is CCOc1ccc(-c2csc(NC(=O)c3sc4nc(N)c(C#N)c(-c5ccc(C)cc5)c4c3N)n2)cc1. The quantitative estimate of drug-likeness (QED) is 0.243. The number of hydrogen-bond acceptors (Lipinski definition) is 9. The van der Waals surface area contributed by atoms with Crippen LogP contribution < -0.4 is 21.5 Å². The first kappa shape index (κ1) is 24.2. The highest BCUT2D eigenvalue weighted by molar-refractivity contribution is 7.21. The minimum absolute atomic E-state index is 0.0960. The van der Waals surface area contributed by atoms with Crippen LogP contribution in [0.2, 0.25) is 0 Å². The van der Waals surface area contributed by atoms with Gasteiger partial charge in [0.25, 0.3) is 5.91 Å². The summed E-state index contributed by atoms with van der Waals surface area (Å²) in [5.41, 5.74) is 17.2. The number of nitriles is 1. The van der Waals surface area contributed by atoms with Crippen molar-refractivity contribution in [3.63, 3.8) is 0 Å². The molecule has 0 spiro atoms. The molecule has 5 aromatic rings. The molecule has 0 bridgehead atoms. The highest BCUT2D eigenvalue weighted by atomic mass is 32.1. The van der Waals surface area contributed by atoms with Crippen LogP contribution >= 0.6 is 22.7 Å². The van der Waals surface area contributed by atoms with E-state index in [1.54, 1.807) is 0 Å². The number of rotatable bonds is 6. The van der Waals surface area contributed by atoms with E-state index in [1.807, 2.05) is 67.8 Å². The molecule has 0 aliphatic heterocycles. The molecule has 8 nitrogen and oxygen atoms in total. The molecule has 0 radical (unpaired) electrons. The Labute approximate surface area is 221 Å². The lowest BCUT2D eigenvalue weighted by atomic mass is 9.96. The summed E-state index contributed by atoms with van der Waals surface area (Å²) in [6, 6.07) is 17.4. The van der Waals surface area contributed by atoms with E-state index in [2.05, 4.69) is 21.4 Å². The summed E-state index contributed by atoms with van der Waals surface area (Å²) < 4.78 is 5.49. The molecule has 0 aliphatic rings. The number of benzene rings is 2. The molecule has 0 fully saturated rings. The van der Waals surface area contributed by atoms with Crippen molar-refractivity contribution in [2.45, 2.75) is 13.8 Å². The van der Waals surface area contributed by atoms with Gasteiger partial charge < -0.3 is 16.2 Å². The Kier molecular flexibility index (Phi) is 6.48. The highest BCUT2D eigenvalue weighted by Crippen LogP contribution is 2.43. The van der Waals surface area contributed by atoms with Crippen molar-refractivity contribution in [1.82, 2.24) is 9.97 Å². The fourth-order valence-electron chi connectivity index (χ4n) is 3.97. The lowest BCUT2D eigenvalue weighted by molar-refractivity contribution is 0.103. The number of amides is 1. The van der Waals surface area contributed by atoms with Gasteiger partial charge >= 0.3 is 0 Å². The third-order valence-electron chi connectivity index (χ3n) is 5.75. The number of aromatic nitrogens is 2. The van der Waals surface area contributed by atoms with Gasteiger partial charge in [0.1, 0.15) is 32.9 Å². The van der Waals surface area contributed by atoms with Crippen LogP contribution in [0, 0.1) is 18.3 Å². The number of nitrogens with one attached hydrogen (secondary N) is 1. The molecule has 5 rings (SSSR count). The van der Waals surface area contributed by atoms with Crippen molar-refractivity contribution in [2.75, 3.05) is 23.4 Å². The maximum Gasteiger partial charge on any atom is 0.269 e. The fraction of sp³-hybridized carbons (Fsp3) is 0.111. The zero-order chi connectivity index (χ0) is 26.1. The van der Waals surface area contributed by atoms with E-state index in [9.17, 15) is 10.1 Å². The van der Waals surface area contributed by atoms with Crippen molar-refractivity contribution < 1.29 is 9.53 Å². The molecule has 0 saturated heterocycles. The molecule has 10 heteroatoms. The van der Waals surface area contributed by atoms with Gasteiger partial charge in [-0.25, -0.2) is 9.97 Å². The number of thiophene rings is 1. The van der Waals surface area contributed by atoms with Gasteiger partial charge in [-0.2, -0.15) is 5.26 Å². The van der Waals surface area contributed by atoms with Gasteiger partial charge in [-0.05, 0) is 43.7 Å². The molecule has 0 unspecified atom stereocenters. The van der Waals surface area contributed by atoms with Crippen molar-refractivity contribution in [3.05, 3.63) is 69.9 Å². The minimum atomic E-state index is -0.403. The molecule has 184 valence electrons. The van der Waals surface area contributed by atoms with Gasteiger partial charge in [-0.15, -0.1) is 22.7 Å². The maximum absolute atomic E-state index is 13.2. The minimum Gasteiger partial charge on any atom is -0.494 e. The first-order valence-electron chi connectivity index (χ1n) is 11.4. The topological polar surface area (TPSA) is 140 Å². The molecule has 2 aromatic carbocycles. The Morgan fingerprint density at radius 2 is 1.78 bits per heavy atom. The Morgan fingerprint density at radius 1 is 1.08 bits per heavy atom. The van der Waals surface area contributed by atoms with E-state index in [0.717, 1.165) is 39.5 Å². The molecule has 37 heavy (non-hydrogen) atoms. The summed E-state index contributed by atoms with van der Waals surface area (Å²) in [5.74, 6) is 0.479. The van der Waals surface area contributed by atoms with Gasteiger partial charge in [-0.1, -0.05) is 29.8 Å². The molecule has 5 N–H and O–H groups in total. The molecule has 0 atom stereocenters. The van der Waals surface area contributed by atoms with E-state index in [1.165, 1.54) is 11.3 Å². The second-order valence-electron chi connectivity index (χ2n) is 8.20. The molecule has 3 aromatic heterocycles. The van der Waals surface area contributed by atoms with Crippen LogP contribution in [0.15, 0.2) is 53.9 Å². The Hall–Kier alpha value is -4.46. The van der Waals surface area contributed by atoms with Crippen molar-refractivity contribution in [1.29, 1.82) is 5.26 Å². The monoisotopic (exact) mass is 526 g/mol. The average molecular weight is 527 g/mol. The maximum atomic E-state index is 13.2. The fourth-order valence-corrected chi connectivity index (χ4v) is 5.69. The summed E-state index contributed by atoms with van der Waals surface area (Å²) in [5, 5.41) is 15.5. The number of nitrogens with zero attached hydrogens (tertiary/aromatic N) is 3. The van der Waals surface area contributed by atoms with Gasteiger partial charge in [0.15, 0.2) is 5.13 Å². The van der Waals surface area contributed by atoms with Gasteiger partial charge in [0, 0.05) is 21.9 Å². The highest BCUT2D eigenvalue weighted by Gasteiger charge is 2.24. The summed E-state index contributed by atoms with van der Waals surface area (Å²) in [7, 11) is 0. The molecule has 3 heterocycles. The number of pyridine rings is 1. The Morgan fingerprint density at radius 3 is 2.46 bits per heavy atom. The zero-order valence-corrected chi connectivity index (χ0v) is 21.7. The molecule has 0 saturated carbocycles. The third kappa shape index (κ3) is 4.58. The van der Waals surface area contributed by atoms with Crippen LogP contribution in [0.1, 0.15) is 27.7 Å². The number of thiazole rings is 1. The first-order chi connectivity index (χ1) is 17.9. The predicted octanol–water partition coefficient (Wildman–Crippen LogP) is 6.08.